The van der Waals surface area contributed by atoms with Crippen LogP contribution in [0.15, 0.2) is 36.4 Å². The number of aryl methyl sites for hydroxylation is 1. The van der Waals surface area contributed by atoms with E-state index in [0.717, 1.165) is 5.56 Å². The average molecular weight is 390 g/mol. The van der Waals surface area contributed by atoms with E-state index >= 15 is 0 Å². The number of carbonyl (C=O) groups excluding carboxylic acids is 1. The summed E-state index contributed by atoms with van der Waals surface area (Å²) < 4.78 is 13.5. The van der Waals surface area contributed by atoms with E-state index in [2.05, 4.69) is 5.32 Å². The van der Waals surface area contributed by atoms with Crippen LogP contribution in [0.4, 0.5) is 10.1 Å². The van der Waals surface area contributed by atoms with E-state index in [1.54, 1.807) is 12.1 Å². The van der Waals surface area contributed by atoms with Crippen LogP contribution in [0.2, 0.25) is 5.02 Å². The minimum absolute atomic E-state index is 0.310. The van der Waals surface area contributed by atoms with Gasteiger partial charge in [-0.3, -0.25) is 4.79 Å². The molecule has 1 N–H and O–H groups in total. The van der Waals surface area contributed by atoms with Crippen LogP contribution in [-0.4, -0.2) is 5.91 Å². The summed E-state index contributed by atoms with van der Waals surface area (Å²) in [6.07, 6.45) is 0. The summed E-state index contributed by atoms with van der Waals surface area (Å²) in [7, 11) is 0. The van der Waals surface area contributed by atoms with Crippen molar-refractivity contribution >= 4 is 45.8 Å². The first-order valence-electron chi connectivity index (χ1n) is 5.50. The molecule has 0 aliphatic rings. The van der Waals surface area contributed by atoms with Gasteiger partial charge in [0.15, 0.2) is 0 Å². The van der Waals surface area contributed by atoms with Gasteiger partial charge in [-0.2, -0.15) is 0 Å². The molecule has 0 heterocycles. The van der Waals surface area contributed by atoms with Crippen LogP contribution in [0.1, 0.15) is 15.9 Å². The normalized spacial score (nSPS) is 10.3. The molecule has 0 fully saturated rings. The summed E-state index contributed by atoms with van der Waals surface area (Å²) in [5.41, 5.74) is 1.97. The van der Waals surface area contributed by atoms with Crippen LogP contribution in [-0.2, 0) is 0 Å². The number of nitrogens with one attached hydrogen (secondary N) is 1. The van der Waals surface area contributed by atoms with Gasteiger partial charge in [0.05, 0.1) is 16.3 Å². The molecule has 1 amide bonds. The predicted octanol–water partition coefficient (Wildman–Crippen LogP) is 4.64. The van der Waals surface area contributed by atoms with Crippen molar-refractivity contribution in [3.63, 3.8) is 0 Å². The number of hydrogen-bond acceptors (Lipinski definition) is 1. The smallest absolute Gasteiger partial charge is 0.256 e. The van der Waals surface area contributed by atoms with Crippen molar-refractivity contribution < 1.29 is 9.18 Å². The highest BCUT2D eigenvalue weighted by Crippen LogP contribution is 2.24. The van der Waals surface area contributed by atoms with Gasteiger partial charge in [0.2, 0.25) is 0 Å². The number of carbonyl (C=O) groups is 1. The van der Waals surface area contributed by atoms with Crippen molar-refractivity contribution in [2.45, 2.75) is 6.92 Å². The molecular weight excluding hydrogens is 380 g/mol. The van der Waals surface area contributed by atoms with Crippen molar-refractivity contribution in [1.29, 1.82) is 0 Å². The Morgan fingerprint density at radius 3 is 2.63 bits per heavy atom. The highest BCUT2D eigenvalue weighted by Gasteiger charge is 2.12. The Balaban J connectivity index is 2.25. The van der Waals surface area contributed by atoms with E-state index in [9.17, 15) is 9.18 Å². The number of anilines is 1. The minimum Gasteiger partial charge on any atom is -0.321 e. The van der Waals surface area contributed by atoms with Crippen molar-refractivity contribution in [3.8, 4) is 0 Å². The van der Waals surface area contributed by atoms with Crippen LogP contribution < -0.4 is 5.32 Å². The molecule has 5 heteroatoms. The van der Waals surface area contributed by atoms with Gasteiger partial charge in [0, 0.05) is 3.57 Å². The summed E-state index contributed by atoms with van der Waals surface area (Å²) in [6, 6.07) is 9.39. The third kappa shape index (κ3) is 3.45. The van der Waals surface area contributed by atoms with Gasteiger partial charge in [-0.25, -0.2) is 4.39 Å². The van der Waals surface area contributed by atoms with Gasteiger partial charge in [-0.1, -0.05) is 17.7 Å². The molecule has 2 aromatic rings. The molecule has 0 atom stereocenters. The van der Waals surface area contributed by atoms with E-state index in [4.69, 9.17) is 11.6 Å². The first-order valence-corrected chi connectivity index (χ1v) is 6.95. The fourth-order valence-corrected chi connectivity index (χ4v) is 2.59. The maximum absolute atomic E-state index is 13.0. The second-order valence-electron chi connectivity index (χ2n) is 4.06. The lowest BCUT2D eigenvalue weighted by molar-refractivity contribution is 0.102. The summed E-state index contributed by atoms with van der Waals surface area (Å²) >= 11 is 7.97. The van der Waals surface area contributed by atoms with Gasteiger partial charge < -0.3 is 5.32 Å². The molecule has 0 saturated heterocycles. The molecule has 0 aliphatic carbocycles. The Hall–Kier alpha value is -1.14. The predicted molar refractivity (Wildman–Crippen MR) is 83.3 cm³/mol. The monoisotopic (exact) mass is 389 g/mol. The van der Waals surface area contributed by atoms with Gasteiger partial charge in [-0.05, 0) is 65.4 Å². The second kappa shape index (κ2) is 5.88. The van der Waals surface area contributed by atoms with Crippen molar-refractivity contribution in [1.82, 2.24) is 0 Å². The third-order valence-electron chi connectivity index (χ3n) is 2.55. The maximum Gasteiger partial charge on any atom is 0.256 e. The van der Waals surface area contributed by atoms with E-state index in [1.807, 2.05) is 35.6 Å². The van der Waals surface area contributed by atoms with E-state index in [1.165, 1.54) is 18.2 Å². The number of amides is 1. The molecule has 0 unspecified atom stereocenters. The third-order valence-corrected chi connectivity index (χ3v) is 3.75. The van der Waals surface area contributed by atoms with E-state index in [0.29, 0.717) is 19.8 Å². The average Bonchev–Trinajstić information content (AvgIpc) is 2.32. The van der Waals surface area contributed by atoms with Crippen molar-refractivity contribution in [2.24, 2.45) is 0 Å². The van der Waals surface area contributed by atoms with Crippen molar-refractivity contribution in [3.05, 3.63) is 61.9 Å². The molecule has 98 valence electrons. The van der Waals surface area contributed by atoms with Crippen molar-refractivity contribution in [2.75, 3.05) is 5.32 Å². The van der Waals surface area contributed by atoms with Gasteiger partial charge in [0.25, 0.3) is 5.91 Å². The Bertz CT molecular complexity index is 645. The zero-order valence-electron chi connectivity index (χ0n) is 10.0. The molecule has 2 nitrogen and oxygen atoms in total. The van der Waals surface area contributed by atoms with Crippen LogP contribution in [0, 0.1) is 16.3 Å². The first kappa shape index (κ1) is 14.3. The largest absolute Gasteiger partial charge is 0.321 e. The number of halogens is 3. The lowest BCUT2D eigenvalue weighted by atomic mass is 10.2. The minimum atomic E-state index is -0.366. The van der Waals surface area contributed by atoms with Crippen LogP contribution in [0.25, 0.3) is 0 Å². The van der Waals surface area contributed by atoms with Crippen LogP contribution in [0.3, 0.4) is 0 Å². The fourth-order valence-electron chi connectivity index (χ4n) is 1.58. The number of rotatable bonds is 2. The quantitative estimate of drug-likeness (QED) is 0.745. The lowest BCUT2D eigenvalue weighted by Crippen LogP contribution is -2.13. The number of hydrogen-bond donors (Lipinski definition) is 1. The molecule has 0 spiro atoms. The van der Waals surface area contributed by atoms with Gasteiger partial charge in [0.1, 0.15) is 5.82 Å². The molecule has 0 aliphatic heterocycles. The zero-order chi connectivity index (χ0) is 14.0. The highest BCUT2D eigenvalue weighted by atomic mass is 127. The van der Waals surface area contributed by atoms with E-state index in [-0.39, 0.29) is 11.7 Å². The molecule has 0 aromatic heterocycles. The molecule has 0 radical (unpaired) electrons. The molecule has 2 rings (SSSR count). The first-order chi connectivity index (χ1) is 8.97. The van der Waals surface area contributed by atoms with Gasteiger partial charge in [-0.15, -0.1) is 0 Å². The summed E-state index contributed by atoms with van der Waals surface area (Å²) in [5.74, 6) is -0.676. The molecule has 0 bridgehead atoms. The number of benzene rings is 2. The second-order valence-corrected chi connectivity index (χ2v) is 5.63. The Kier molecular flexibility index (Phi) is 4.42. The Labute approximate surface area is 129 Å². The van der Waals surface area contributed by atoms with Gasteiger partial charge >= 0.3 is 0 Å². The molecule has 2 aromatic carbocycles. The molecule has 19 heavy (non-hydrogen) atoms. The highest BCUT2D eigenvalue weighted by molar-refractivity contribution is 14.1. The standard InChI is InChI=1S/C14H10ClFINO/c1-8-2-5-13(11(15)6-8)18-14(19)10-4-3-9(16)7-12(10)17/h2-7H,1H3,(H,18,19). The summed E-state index contributed by atoms with van der Waals surface area (Å²) in [6.45, 7) is 1.92. The van der Waals surface area contributed by atoms with Crippen LogP contribution in [0.5, 0.6) is 0 Å². The zero-order valence-corrected chi connectivity index (χ0v) is 12.9. The van der Waals surface area contributed by atoms with Crippen LogP contribution >= 0.6 is 34.2 Å². The fraction of sp³-hybridized carbons (Fsp3) is 0.0714. The lowest BCUT2D eigenvalue weighted by Gasteiger charge is -2.09. The molecule has 0 saturated carbocycles. The summed E-state index contributed by atoms with van der Waals surface area (Å²) in [5, 5.41) is 3.19. The summed E-state index contributed by atoms with van der Waals surface area (Å²) in [4.78, 5) is 12.1. The Morgan fingerprint density at radius 1 is 1.26 bits per heavy atom. The molecular formula is C14H10ClFINO. The Morgan fingerprint density at radius 2 is 2.00 bits per heavy atom. The maximum atomic E-state index is 13.0. The van der Waals surface area contributed by atoms with E-state index < -0.39 is 0 Å². The SMILES string of the molecule is Cc1ccc(NC(=O)c2ccc(F)cc2I)c(Cl)c1. The topological polar surface area (TPSA) is 29.1 Å².